The Kier molecular flexibility index (Phi) is 3.13. The van der Waals surface area contributed by atoms with Crippen LogP contribution in [0.5, 0.6) is 0 Å². The first-order valence-electron chi connectivity index (χ1n) is 4.75. The molecule has 5 nitrogen and oxygen atoms in total. The quantitative estimate of drug-likeness (QED) is 0.473. The molecule has 0 amide bonds. The highest BCUT2D eigenvalue weighted by Crippen LogP contribution is 2.37. The van der Waals surface area contributed by atoms with Gasteiger partial charge in [-0.05, 0) is 41.6 Å². The van der Waals surface area contributed by atoms with Gasteiger partial charge in [0.1, 0.15) is 0 Å². The minimum Gasteiger partial charge on any atom is -0.343 e. The fraction of sp³-hybridized carbons (Fsp3) is 0.400. The van der Waals surface area contributed by atoms with Crippen molar-refractivity contribution in [2.75, 3.05) is 13.2 Å². The van der Waals surface area contributed by atoms with Gasteiger partial charge in [0.25, 0.3) is 5.69 Å². The minimum atomic E-state index is -0.996. The van der Waals surface area contributed by atoms with Crippen LogP contribution < -0.4 is 0 Å². The summed E-state index contributed by atoms with van der Waals surface area (Å²) in [5, 5.41) is 10.9. The van der Waals surface area contributed by atoms with Gasteiger partial charge in [-0.3, -0.25) is 10.1 Å². The Morgan fingerprint density at radius 3 is 2.62 bits per heavy atom. The average Bonchev–Trinajstić information content (AvgIpc) is 2.66. The second-order valence-corrected chi connectivity index (χ2v) is 4.81. The highest BCUT2D eigenvalue weighted by molar-refractivity contribution is 14.1. The summed E-state index contributed by atoms with van der Waals surface area (Å²) in [6.45, 7) is 2.62. The van der Waals surface area contributed by atoms with Gasteiger partial charge in [-0.2, -0.15) is 0 Å². The van der Waals surface area contributed by atoms with E-state index in [1.54, 1.807) is 19.1 Å². The maximum atomic E-state index is 10.9. The first kappa shape index (κ1) is 11.7. The highest BCUT2D eigenvalue weighted by Gasteiger charge is 2.38. The number of nitrogens with zero attached hydrogens (tertiary/aromatic N) is 1. The Hall–Kier alpha value is -0.730. The SMILES string of the molecule is CC1(c2cc(I)ccc2[N+](=O)[O-])OCCO1. The molecule has 0 unspecified atom stereocenters. The van der Waals surface area contributed by atoms with Crippen molar-refractivity contribution < 1.29 is 14.4 Å². The van der Waals surface area contributed by atoms with Crippen molar-refractivity contribution in [1.82, 2.24) is 0 Å². The summed E-state index contributed by atoms with van der Waals surface area (Å²) in [6.07, 6.45) is 0. The molecule has 1 fully saturated rings. The Labute approximate surface area is 106 Å². The number of hydrogen-bond acceptors (Lipinski definition) is 4. The molecule has 86 valence electrons. The van der Waals surface area contributed by atoms with Gasteiger partial charge in [0.2, 0.25) is 0 Å². The van der Waals surface area contributed by atoms with Crippen LogP contribution in [0.1, 0.15) is 12.5 Å². The van der Waals surface area contributed by atoms with Crippen LogP contribution in [0.3, 0.4) is 0 Å². The largest absolute Gasteiger partial charge is 0.343 e. The number of halogens is 1. The van der Waals surface area contributed by atoms with E-state index >= 15 is 0 Å². The maximum Gasteiger partial charge on any atom is 0.278 e. The summed E-state index contributed by atoms with van der Waals surface area (Å²) < 4.78 is 11.8. The zero-order valence-corrected chi connectivity index (χ0v) is 10.8. The smallest absolute Gasteiger partial charge is 0.278 e. The number of hydrogen-bond donors (Lipinski definition) is 0. The van der Waals surface area contributed by atoms with Crippen LogP contribution >= 0.6 is 22.6 Å². The van der Waals surface area contributed by atoms with Gasteiger partial charge in [0.05, 0.1) is 23.7 Å². The Balaban J connectivity index is 2.52. The molecule has 0 aromatic heterocycles. The second-order valence-electron chi connectivity index (χ2n) is 3.56. The zero-order chi connectivity index (χ0) is 11.8. The molecule has 6 heteroatoms. The molecule has 0 aliphatic carbocycles. The van der Waals surface area contributed by atoms with Gasteiger partial charge in [-0.1, -0.05) is 0 Å². The van der Waals surface area contributed by atoms with Crippen LogP contribution in [0, 0.1) is 13.7 Å². The van der Waals surface area contributed by atoms with Crippen LogP contribution in [0.15, 0.2) is 18.2 Å². The molecule has 1 heterocycles. The van der Waals surface area contributed by atoms with E-state index in [9.17, 15) is 10.1 Å². The third kappa shape index (κ3) is 2.04. The summed E-state index contributed by atoms with van der Waals surface area (Å²) in [5.41, 5.74) is 0.506. The van der Waals surface area contributed by atoms with E-state index in [-0.39, 0.29) is 5.69 Å². The molecule has 1 saturated heterocycles. The summed E-state index contributed by atoms with van der Waals surface area (Å²) in [7, 11) is 0. The van der Waals surface area contributed by atoms with Gasteiger partial charge < -0.3 is 9.47 Å². The average molecular weight is 335 g/mol. The Morgan fingerprint density at radius 1 is 1.44 bits per heavy atom. The standard InChI is InChI=1S/C10H10INO4/c1-10(15-4-5-16-10)8-6-7(11)2-3-9(8)12(13)14/h2-3,6H,4-5H2,1H3. The lowest BCUT2D eigenvalue weighted by Crippen LogP contribution is -2.23. The number of nitro groups is 1. The molecule has 1 aliphatic heterocycles. The molecule has 1 aliphatic rings. The van der Waals surface area contributed by atoms with Crippen molar-refractivity contribution in [3.63, 3.8) is 0 Å². The van der Waals surface area contributed by atoms with Gasteiger partial charge in [0, 0.05) is 9.64 Å². The predicted octanol–water partition coefficient (Wildman–Crippen LogP) is 2.42. The monoisotopic (exact) mass is 335 g/mol. The number of rotatable bonds is 2. The van der Waals surface area contributed by atoms with Gasteiger partial charge in [-0.25, -0.2) is 0 Å². The molecule has 0 spiro atoms. The lowest BCUT2D eigenvalue weighted by Gasteiger charge is -2.22. The van der Waals surface area contributed by atoms with Crippen molar-refractivity contribution in [1.29, 1.82) is 0 Å². The van der Waals surface area contributed by atoms with E-state index in [1.807, 2.05) is 0 Å². The highest BCUT2D eigenvalue weighted by atomic mass is 127. The predicted molar refractivity (Wildman–Crippen MR) is 65.1 cm³/mol. The van der Waals surface area contributed by atoms with Gasteiger partial charge in [0.15, 0.2) is 5.79 Å². The lowest BCUT2D eigenvalue weighted by atomic mass is 10.1. The van der Waals surface area contributed by atoms with E-state index < -0.39 is 10.7 Å². The number of ether oxygens (including phenoxy) is 2. The van der Waals surface area contributed by atoms with Crippen molar-refractivity contribution in [2.24, 2.45) is 0 Å². The van der Waals surface area contributed by atoms with Crippen molar-refractivity contribution in [3.05, 3.63) is 37.4 Å². The van der Waals surface area contributed by atoms with Crippen molar-refractivity contribution >= 4 is 28.3 Å². The molecular weight excluding hydrogens is 325 g/mol. The molecule has 1 aromatic rings. The molecule has 2 rings (SSSR count). The van der Waals surface area contributed by atoms with Crippen LogP contribution in [-0.2, 0) is 15.3 Å². The van der Waals surface area contributed by atoms with E-state index in [4.69, 9.17) is 9.47 Å². The molecule has 1 aromatic carbocycles. The molecular formula is C10H10INO4. The molecule has 16 heavy (non-hydrogen) atoms. The summed E-state index contributed by atoms with van der Waals surface area (Å²) >= 11 is 2.10. The number of benzene rings is 1. The third-order valence-electron chi connectivity index (χ3n) is 2.48. The van der Waals surface area contributed by atoms with Crippen LogP contribution in [-0.4, -0.2) is 18.1 Å². The summed E-state index contributed by atoms with van der Waals surface area (Å²) in [6, 6.07) is 4.90. The minimum absolute atomic E-state index is 0.0322. The van der Waals surface area contributed by atoms with Crippen LogP contribution in [0.4, 0.5) is 5.69 Å². The summed E-state index contributed by atoms with van der Waals surface area (Å²) in [4.78, 5) is 10.5. The first-order valence-corrected chi connectivity index (χ1v) is 5.83. The van der Waals surface area contributed by atoms with Crippen LogP contribution in [0.25, 0.3) is 0 Å². The van der Waals surface area contributed by atoms with Crippen LogP contribution in [0.2, 0.25) is 0 Å². The van der Waals surface area contributed by atoms with Gasteiger partial charge >= 0.3 is 0 Å². The molecule has 0 N–H and O–H groups in total. The molecule has 0 bridgehead atoms. The Morgan fingerprint density at radius 2 is 2.06 bits per heavy atom. The normalized spacial score (nSPS) is 18.6. The zero-order valence-electron chi connectivity index (χ0n) is 8.60. The molecule has 0 atom stereocenters. The van der Waals surface area contributed by atoms with E-state index in [0.29, 0.717) is 18.8 Å². The lowest BCUT2D eigenvalue weighted by molar-refractivity contribution is -0.387. The fourth-order valence-corrected chi connectivity index (χ4v) is 2.19. The molecule has 0 saturated carbocycles. The van der Waals surface area contributed by atoms with Gasteiger partial charge in [-0.15, -0.1) is 0 Å². The maximum absolute atomic E-state index is 10.9. The first-order chi connectivity index (χ1) is 7.53. The topological polar surface area (TPSA) is 61.6 Å². The molecule has 0 radical (unpaired) electrons. The van der Waals surface area contributed by atoms with E-state index in [2.05, 4.69) is 22.6 Å². The second kappa shape index (κ2) is 4.27. The van der Waals surface area contributed by atoms with Crippen molar-refractivity contribution in [3.8, 4) is 0 Å². The number of nitro benzene ring substituents is 1. The van der Waals surface area contributed by atoms with E-state index in [1.165, 1.54) is 6.07 Å². The fourth-order valence-electron chi connectivity index (χ4n) is 1.70. The third-order valence-corrected chi connectivity index (χ3v) is 3.15. The van der Waals surface area contributed by atoms with E-state index in [0.717, 1.165) is 3.57 Å². The Bertz CT molecular complexity index is 429. The summed E-state index contributed by atoms with van der Waals surface area (Å²) in [5.74, 6) is -0.996. The van der Waals surface area contributed by atoms with Crippen molar-refractivity contribution in [2.45, 2.75) is 12.7 Å².